The number of nitrogens with zero attached hydrogens (tertiary/aromatic N) is 6. The Bertz CT molecular complexity index is 2390. The zero-order valence-corrected chi connectivity index (χ0v) is 32.4. The highest BCUT2D eigenvalue weighted by Crippen LogP contribution is 2.38. The van der Waals surface area contributed by atoms with E-state index in [1.807, 2.05) is 40.9 Å². The second-order valence-electron chi connectivity index (χ2n) is 14.7. The summed E-state index contributed by atoms with van der Waals surface area (Å²) in [5.41, 5.74) is 4.18. The maximum Gasteiger partial charge on any atom is 0.259 e. The van der Waals surface area contributed by atoms with Crippen LogP contribution in [-0.4, -0.2) is 83.8 Å². The summed E-state index contributed by atoms with van der Waals surface area (Å²) in [5, 5.41) is 5.70. The Morgan fingerprint density at radius 1 is 0.828 bits per heavy atom. The first-order valence-electron chi connectivity index (χ1n) is 19.6. The summed E-state index contributed by atoms with van der Waals surface area (Å²) < 4.78 is 55.0. The molecule has 11 nitrogen and oxygen atoms in total. The average molecular weight is 791 g/mol. The number of halogens is 3. The molecule has 0 atom stereocenters. The van der Waals surface area contributed by atoms with E-state index in [-0.39, 0.29) is 18.0 Å². The lowest BCUT2D eigenvalue weighted by Gasteiger charge is -2.40. The average Bonchev–Trinajstić information content (AvgIpc) is 3.65. The normalized spacial score (nSPS) is 15.4. The maximum absolute atomic E-state index is 14.5. The number of pyridine rings is 1. The van der Waals surface area contributed by atoms with Crippen LogP contribution < -0.4 is 25.0 Å². The zero-order valence-electron chi connectivity index (χ0n) is 32.4. The van der Waals surface area contributed by atoms with Gasteiger partial charge in [-0.2, -0.15) is 0 Å². The van der Waals surface area contributed by atoms with Gasteiger partial charge in [-0.1, -0.05) is 12.1 Å². The Labute approximate surface area is 334 Å². The largest absolute Gasteiger partial charge is 0.496 e. The standard InChI is InChI=1S/C44H45F3N8O3/c1-57-37-12-9-30(26-32(37)43(56)52-41-33(46)6-5-7-34(41)47)40-42(55-20-4-3-8-39(55)51-40)36-13-19-48-44(50-36)49-35-11-10-31(27-38(35)58-2)54-23-16-29(17-24-54)28-14-21-53(22-15-28)25-18-45/h3-13,19-20,26-29H,14-18,21-25H2,1-2H3,(H,52,56)(H,48,49,50). The topological polar surface area (TPSA) is 109 Å². The highest BCUT2D eigenvalue weighted by Gasteiger charge is 2.30. The lowest BCUT2D eigenvalue weighted by molar-refractivity contribution is 0.102. The number of ether oxygens (including phenoxy) is 2. The Balaban J connectivity index is 1.03. The van der Waals surface area contributed by atoms with E-state index in [0.717, 1.165) is 69.7 Å². The summed E-state index contributed by atoms with van der Waals surface area (Å²) >= 11 is 0. The van der Waals surface area contributed by atoms with Crippen molar-refractivity contribution in [2.24, 2.45) is 11.8 Å². The van der Waals surface area contributed by atoms with Gasteiger partial charge in [0.15, 0.2) is 0 Å². The number of para-hydroxylation sites is 1. The molecule has 1 amide bonds. The second kappa shape index (κ2) is 17.1. The highest BCUT2D eigenvalue weighted by molar-refractivity contribution is 6.07. The van der Waals surface area contributed by atoms with E-state index in [0.29, 0.717) is 64.1 Å². The van der Waals surface area contributed by atoms with Crippen molar-refractivity contribution in [1.82, 2.24) is 24.3 Å². The van der Waals surface area contributed by atoms with Crippen LogP contribution >= 0.6 is 0 Å². The molecule has 6 aromatic rings. The first kappa shape index (κ1) is 38.7. The van der Waals surface area contributed by atoms with E-state index in [9.17, 15) is 18.0 Å². The number of alkyl halides is 1. The smallest absolute Gasteiger partial charge is 0.259 e. The van der Waals surface area contributed by atoms with Gasteiger partial charge in [0.05, 0.1) is 42.6 Å². The molecular formula is C44H45F3N8O3. The van der Waals surface area contributed by atoms with E-state index in [1.165, 1.54) is 13.2 Å². The molecular weight excluding hydrogens is 746 g/mol. The van der Waals surface area contributed by atoms with Crippen LogP contribution in [0.4, 0.5) is 36.2 Å². The van der Waals surface area contributed by atoms with Gasteiger partial charge < -0.3 is 29.9 Å². The number of methoxy groups -OCH3 is 2. The summed E-state index contributed by atoms with van der Waals surface area (Å²) in [6.07, 6.45) is 8.12. The molecule has 8 rings (SSSR count). The summed E-state index contributed by atoms with van der Waals surface area (Å²) in [7, 11) is 3.06. The minimum atomic E-state index is -0.900. The molecule has 0 unspecified atom stereocenters. The van der Waals surface area contributed by atoms with Crippen molar-refractivity contribution in [1.29, 1.82) is 0 Å². The summed E-state index contributed by atoms with van der Waals surface area (Å²) in [5.74, 6) is 0.0626. The van der Waals surface area contributed by atoms with Crippen molar-refractivity contribution in [3.05, 3.63) is 108 Å². The molecule has 58 heavy (non-hydrogen) atoms. The molecule has 0 bridgehead atoms. The van der Waals surface area contributed by atoms with E-state index >= 15 is 0 Å². The third kappa shape index (κ3) is 8.01. The van der Waals surface area contributed by atoms with Crippen LogP contribution in [0.2, 0.25) is 0 Å². The number of hydrogen-bond donors (Lipinski definition) is 2. The first-order valence-corrected chi connectivity index (χ1v) is 19.6. The van der Waals surface area contributed by atoms with Gasteiger partial charge in [0, 0.05) is 49.3 Å². The van der Waals surface area contributed by atoms with Gasteiger partial charge in [-0.25, -0.2) is 28.1 Å². The Kier molecular flexibility index (Phi) is 11.4. The predicted octanol–water partition coefficient (Wildman–Crippen LogP) is 8.65. The Morgan fingerprint density at radius 3 is 2.29 bits per heavy atom. The second-order valence-corrected chi connectivity index (χ2v) is 14.7. The number of fused-ring (bicyclic) bond motifs is 1. The van der Waals surface area contributed by atoms with Crippen molar-refractivity contribution in [2.45, 2.75) is 25.7 Å². The number of nitrogens with one attached hydrogen (secondary N) is 2. The number of likely N-dealkylation sites (tertiary alicyclic amines) is 1. The quantitative estimate of drug-likeness (QED) is 0.126. The molecule has 5 heterocycles. The Hall–Kier alpha value is -6.15. The third-order valence-electron chi connectivity index (χ3n) is 11.4. The fraction of sp³-hybridized carbons (Fsp3) is 0.318. The van der Waals surface area contributed by atoms with Crippen LogP contribution in [0.3, 0.4) is 0 Å². The molecule has 300 valence electrons. The molecule has 0 radical (unpaired) electrons. The van der Waals surface area contributed by atoms with Gasteiger partial charge in [0.1, 0.15) is 41.1 Å². The molecule has 14 heteroatoms. The number of rotatable bonds is 12. The number of hydrogen-bond acceptors (Lipinski definition) is 9. The van der Waals surface area contributed by atoms with Crippen LogP contribution in [0, 0.1) is 23.5 Å². The van der Waals surface area contributed by atoms with Crippen LogP contribution in [0.1, 0.15) is 36.0 Å². The molecule has 3 aromatic carbocycles. The van der Waals surface area contributed by atoms with Crippen molar-refractivity contribution < 1.29 is 27.4 Å². The van der Waals surface area contributed by atoms with Crippen LogP contribution in [0.5, 0.6) is 11.5 Å². The molecule has 2 aliphatic rings. The number of carbonyl (C=O) groups is 1. The van der Waals surface area contributed by atoms with Crippen molar-refractivity contribution in [3.8, 4) is 34.1 Å². The number of amides is 1. The van der Waals surface area contributed by atoms with E-state index in [1.54, 1.807) is 37.6 Å². The molecule has 2 saturated heterocycles. The number of benzene rings is 3. The van der Waals surface area contributed by atoms with Gasteiger partial charge in [-0.15, -0.1) is 0 Å². The van der Waals surface area contributed by atoms with Gasteiger partial charge in [-0.05, 0) is 111 Å². The van der Waals surface area contributed by atoms with E-state index < -0.39 is 23.2 Å². The number of aromatic nitrogens is 4. The third-order valence-corrected chi connectivity index (χ3v) is 11.4. The molecule has 0 aliphatic carbocycles. The van der Waals surface area contributed by atoms with Crippen molar-refractivity contribution in [2.75, 3.05) is 69.2 Å². The number of piperidine rings is 2. The maximum atomic E-state index is 14.5. The molecule has 0 spiro atoms. The zero-order chi connectivity index (χ0) is 40.2. The summed E-state index contributed by atoms with van der Waals surface area (Å²) in [4.78, 5) is 32.5. The molecule has 2 fully saturated rings. The lowest BCUT2D eigenvalue weighted by Crippen LogP contribution is -2.41. The van der Waals surface area contributed by atoms with Gasteiger partial charge >= 0.3 is 0 Å². The Morgan fingerprint density at radius 2 is 1.57 bits per heavy atom. The molecule has 0 saturated carbocycles. The van der Waals surface area contributed by atoms with Gasteiger partial charge in [0.2, 0.25) is 5.95 Å². The molecule has 2 N–H and O–H groups in total. The lowest BCUT2D eigenvalue weighted by atomic mass is 9.78. The fourth-order valence-electron chi connectivity index (χ4n) is 8.32. The van der Waals surface area contributed by atoms with E-state index in [4.69, 9.17) is 19.4 Å². The minimum Gasteiger partial charge on any atom is -0.496 e. The predicted molar refractivity (Wildman–Crippen MR) is 219 cm³/mol. The minimum absolute atomic E-state index is 0.0578. The SMILES string of the molecule is COc1cc(N2CCC(C3CCN(CCF)CC3)CC2)ccc1Nc1nccc(-c2c(-c3ccc(OC)c(C(=O)Nc4c(F)cccc4F)c3)nc3ccccn23)n1. The molecule has 3 aromatic heterocycles. The summed E-state index contributed by atoms with van der Waals surface area (Å²) in [6.45, 7) is 4.24. The highest BCUT2D eigenvalue weighted by atomic mass is 19.1. The van der Waals surface area contributed by atoms with Gasteiger partial charge in [0.25, 0.3) is 5.91 Å². The molecule has 2 aliphatic heterocycles. The van der Waals surface area contributed by atoms with Crippen LogP contribution in [0.25, 0.3) is 28.3 Å². The number of anilines is 4. The van der Waals surface area contributed by atoms with Crippen LogP contribution in [0.15, 0.2) is 91.3 Å². The number of carbonyl (C=O) groups excluding carboxylic acids is 1. The van der Waals surface area contributed by atoms with E-state index in [2.05, 4.69) is 31.5 Å². The first-order chi connectivity index (χ1) is 28.3. The summed E-state index contributed by atoms with van der Waals surface area (Å²) in [6, 6.07) is 21.8. The van der Waals surface area contributed by atoms with Crippen molar-refractivity contribution >= 4 is 34.6 Å². The number of imidazole rings is 1. The van der Waals surface area contributed by atoms with Crippen molar-refractivity contribution in [3.63, 3.8) is 0 Å². The van der Waals surface area contributed by atoms with Gasteiger partial charge in [-0.3, -0.25) is 9.20 Å². The fourth-order valence-corrected chi connectivity index (χ4v) is 8.32. The van der Waals surface area contributed by atoms with Crippen LogP contribution in [-0.2, 0) is 0 Å². The monoisotopic (exact) mass is 790 g/mol.